The molecule has 0 aliphatic carbocycles. The van der Waals surface area contributed by atoms with E-state index >= 15 is 0 Å². The molecule has 0 radical (unpaired) electrons. The van der Waals surface area contributed by atoms with Gasteiger partial charge >= 0.3 is 0 Å². The van der Waals surface area contributed by atoms with Crippen molar-refractivity contribution in [2.75, 3.05) is 0 Å². The highest BCUT2D eigenvalue weighted by Crippen LogP contribution is 2.27. The lowest BCUT2D eigenvalue weighted by molar-refractivity contribution is 0.419. The van der Waals surface area contributed by atoms with Gasteiger partial charge in [0.25, 0.3) is 5.56 Å². The smallest absolute Gasteiger partial charge is 0.264 e. The number of nitrogens with one attached hydrogen (secondary N) is 2. The monoisotopic (exact) mass is 318 g/mol. The molecule has 7 nitrogen and oxygen atoms in total. The Balaban J connectivity index is 1.95. The number of phenols is 1. The Morgan fingerprint density at radius 1 is 1.41 bits per heavy atom. The van der Waals surface area contributed by atoms with Gasteiger partial charge in [0.05, 0.1) is 11.8 Å². The van der Waals surface area contributed by atoms with Crippen molar-refractivity contribution < 1.29 is 10.2 Å². The highest BCUT2D eigenvalue weighted by Gasteiger charge is 2.26. The molecule has 2 aromatic rings. The summed E-state index contributed by atoms with van der Waals surface area (Å²) in [6.45, 7) is 0. The Labute approximate surface area is 130 Å². The third-order valence-electron chi connectivity index (χ3n) is 3.61. The van der Waals surface area contributed by atoms with E-state index in [1.807, 2.05) is 6.07 Å². The summed E-state index contributed by atoms with van der Waals surface area (Å²) in [4.78, 5) is 14.6. The molecule has 0 spiro atoms. The highest BCUT2D eigenvalue weighted by molar-refractivity contribution is 7.71. The van der Waals surface area contributed by atoms with E-state index in [-0.39, 0.29) is 28.0 Å². The minimum Gasteiger partial charge on any atom is -0.508 e. The second-order valence-corrected chi connectivity index (χ2v) is 5.44. The topological polar surface area (TPSA) is 103 Å². The van der Waals surface area contributed by atoms with Crippen LogP contribution in [0.15, 0.2) is 34.2 Å². The van der Waals surface area contributed by atoms with Gasteiger partial charge in [-0.25, -0.2) is 0 Å². The summed E-state index contributed by atoms with van der Waals surface area (Å²) in [6, 6.07) is 6.63. The van der Waals surface area contributed by atoms with Crippen LogP contribution in [0.4, 0.5) is 0 Å². The Kier molecular flexibility index (Phi) is 3.45. The Morgan fingerprint density at radius 3 is 2.91 bits per heavy atom. The van der Waals surface area contributed by atoms with Gasteiger partial charge in [-0.15, -0.1) is 0 Å². The standard InChI is InChI=1S/C14H14N4O3S/c1-18-13(21)11(12(20)15-14(18)22)10-6-9(16-17-10)7-3-2-4-8(19)5-7/h2-5,9,16,19,21H,6H2,1H3,(H,15,20,22)/t9-/m0/s1. The molecular weight excluding hydrogens is 304 g/mol. The van der Waals surface area contributed by atoms with Gasteiger partial charge in [-0.1, -0.05) is 12.1 Å². The van der Waals surface area contributed by atoms with Crippen LogP contribution in [0.5, 0.6) is 11.6 Å². The number of hydrazone groups is 1. The van der Waals surface area contributed by atoms with Gasteiger partial charge < -0.3 is 15.6 Å². The molecule has 1 aromatic carbocycles. The van der Waals surface area contributed by atoms with Crippen molar-refractivity contribution in [3.63, 3.8) is 0 Å². The van der Waals surface area contributed by atoms with E-state index in [0.29, 0.717) is 12.1 Å². The number of hydrogen-bond donors (Lipinski definition) is 4. The Hall–Kier alpha value is -2.61. The quantitative estimate of drug-likeness (QED) is 0.625. The Morgan fingerprint density at radius 2 is 2.18 bits per heavy atom. The summed E-state index contributed by atoms with van der Waals surface area (Å²) in [5.41, 5.74) is 3.83. The normalized spacial score (nSPS) is 17.1. The predicted molar refractivity (Wildman–Crippen MR) is 83.7 cm³/mol. The van der Waals surface area contributed by atoms with Gasteiger partial charge in [0, 0.05) is 13.5 Å². The van der Waals surface area contributed by atoms with E-state index in [4.69, 9.17) is 12.2 Å². The van der Waals surface area contributed by atoms with Crippen LogP contribution in [0.2, 0.25) is 0 Å². The summed E-state index contributed by atoms with van der Waals surface area (Å²) in [7, 11) is 1.56. The lowest BCUT2D eigenvalue weighted by Gasteiger charge is -2.11. The van der Waals surface area contributed by atoms with Gasteiger partial charge in [0.1, 0.15) is 11.3 Å². The van der Waals surface area contributed by atoms with Crippen LogP contribution in [0.25, 0.3) is 0 Å². The number of H-pyrrole nitrogens is 1. The molecule has 1 atom stereocenters. The minimum atomic E-state index is -0.474. The van der Waals surface area contributed by atoms with Crippen LogP contribution in [0.1, 0.15) is 23.6 Å². The molecule has 1 aliphatic rings. The van der Waals surface area contributed by atoms with Crippen LogP contribution in [0.3, 0.4) is 0 Å². The van der Waals surface area contributed by atoms with E-state index in [1.165, 1.54) is 4.57 Å². The molecule has 3 rings (SSSR count). The number of rotatable bonds is 2. The summed E-state index contributed by atoms with van der Waals surface area (Å²) in [5.74, 6) is -0.0545. The first kappa shape index (κ1) is 14.3. The predicted octanol–water partition coefficient (Wildman–Crippen LogP) is 1.29. The van der Waals surface area contributed by atoms with Crippen molar-refractivity contribution in [3.05, 3.63) is 50.5 Å². The summed E-state index contributed by atoms with van der Waals surface area (Å²) in [6.07, 6.45) is 0.414. The SMILES string of the molecule is Cn1c(O)c(C2=NN[C@H](c3cccc(O)c3)C2)c(=O)[nH]c1=S. The van der Waals surface area contributed by atoms with Crippen molar-refractivity contribution in [3.8, 4) is 11.6 Å². The lowest BCUT2D eigenvalue weighted by Crippen LogP contribution is -2.21. The highest BCUT2D eigenvalue weighted by atomic mass is 32.1. The molecular formula is C14H14N4O3S. The van der Waals surface area contributed by atoms with E-state index in [2.05, 4.69) is 15.5 Å². The third kappa shape index (κ3) is 2.37. The third-order valence-corrected chi connectivity index (χ3v) is 3.98. The van der Waals surface area contributed by atoms with Gasteiger partial charge in [0.15, 0.2) is 4.77 Å². The second kappa shape index (κ2) is 5.30. The van der Waals surface area contributed by atoms with Gasteiger partial charge in [-0.05, 0) is 29.9 Å². The molecule has 8 heteroatoms. The molecule has 22 heavy (non-hydrogen) atoms. The molecule has 0 saturated carbocycles. The number of nitrogens with zero attached hydrogens (tertiary/aromatic N) is 2. The van der Waals surface area contributed by atoms with Gasteiger partial charge in [-0.3, -0.25) is 14.3 Å². The summed E-state index contributed by atoms with van der Waals surface area (Å²) >= 11 is 4.94. The molecule has 1 aliphatic heterocycles. The first-order chi connectivity index (χ1) is 10.5. The van der Waals surface area contributed by atoms with Crippen molar-refractivity contribution in [1.29, 1.82) is 0 Å². The van der Waals surface area contributed by atoms with E-state index < -0.39 is 5.56 Å². The van der Waals surface area contributed by atoms with Crippen LogP contribution >= 0.6 is 12.2 Å². The maximum absolute atomic E-state index is 12.1. The first-order valence-electron chi connectivity index (χ1n) is 6.61. The molecule has 0 fully saturated rings. The summed E-state index contributed by atoms with van der Waals surface area (Å²) in [5, 5.41) is 23.8. The zero-order valence-electron chi connectivity index (χ0n) is 11.7. The fourth-order valence-electron chi connectivity index (χ4n) is 2.40. The van der Waals surface area contributed by atoms with Gasteiger partial charge in [-0.2, -0.15) is 5.10 Å². The average molecular weight is 318 g/mol. The van der Waals surface area contributed by atoms with Crippen molar-refractivity contribution in [2.24, 2.45) is 12.1 Å². The first-order valence-corrected chi connectivity index (χ1v) is 7.02. The fraction of sp³-hybridized carbons (Fsp3) is 0.214. The largest absolute Gasteiger partial charge is 0.508 e. The van der Waals surface area contributed by atoms with Crippen LogP contribution in [-0.2, 0) is 7.05 Å². The maximum atomic E-state index is 12.1. The average Bonchev–Trinajstić information content (AvgIpc) is 2.94. The van der Waals surface area contributed by atoms with Crippen LogP contribution in [-0.4, -0.2) is 25.5 Å². The number of benzene rings is 1. The molecule has 1 aromatic heterocycles. The minimum absolute atomic E-state index is 0.103. The molecule has 0 saturated heterocycles. The molecule has 0 bridgehead atoms. The van der Waals surface area contributed by atoms with Crippen LogP contribution < -0.4 is 11.0 Å². The number of aromatic amines is 1. The van der Waals surface area contributed by atoms with Crippen molar-refractivity contribution in [2.45, 2.75) is 12.5 Å². The fourth-order valence-corrected chi connectivity index (χ4v) is 2.58. The van der Waals surface area contributed by atoms with E-state index in [1.54, 1.807) is 25.2 Å². The number of aromatic hydroxyl groups is 2. The maximum Gasteiger partial charge on any atom is 0.264 e. The Bertz CT molecular complexity index is 884. The van der Waals surface area contributed by atoms with Crippen LogP contribution in [0, 0.1) is 4.77 Å². The lowest BCUT2D eigenvalue weighted by atomic mass is 10.00. The van der Waals surface area contributed by atoms with E-state index in [0.717, 1.165) is 5.56 Å². The second-order valence-electron chi connectivity index (χ2n) is 5.06. The molecule has 0 amide bonds. The molecule has 0 unspecified atom stereocenters. The number of hydrogen-bond acceptors (Lipinski definition) is 6. The molecule has 2 heterocycles. The zero-order chi connectivity index (χ0) is 15.9. The molecule has 4 N–H and O–H groups in total. The number of phenolic OH excluding ortho intramolecular Hbond substituents is 1. The van der Waals surface area contributed by atoms with Crippen molar-refractivity contribution in [1.82, 2.24) is 15.0 Å². The van der Waals surface area contributed by atoms with Gasteiger partial charge in [0.2, 0.25) is 5.88 Å². The zero-order valence-corrected chi connectivity index (χ0v) is 12.5. The number of aromatic nitrogens is 2. The van der Waals surface area contributed by atoms with E-state index in [9.17, 15) is 15.0 Å². The molecule has 114 valence electrons. The summed E-state index contributed by atoms with van der Waals surface area (Å²) < 4.78 is 1.46. The van der Waals surface area contributed by atoms with Crippen molar-refractivity contribution >= 4 is 17.9 Å².